The molecule has 1 aromatic carbocycles. The Morgan fingerprint density at radius 3 is 2.71 bits per heavy atom. The topological polar surface area (TPSA) is 51.0 Å². The highest BCUT2D eigenvalue weighted by Gasteiger charge is 1.92. The molecule has 1 amide bonds. The van der Waals surface area contributed by atoms with Crippen LogP contribution in [0.2, 0.25) is 0 Å². The summed E-state index contributed by atoms with van der Waals surface area (Å²) in [6.07, 6.45) is 0.345. The highest BCUT2D eigenvalue weighted by molar-refractivity contribution is 5.75. The summed E-state index contributed by atoms with van der Waals surface area (Å²) in [7, 11) is 0. The van der Waals surface area contributed by atoms with Crippen molar-refractivity contribution in [1.82, 2.24) is 0 Å². The molecule has 0 bridgehead atoms. The van der Waals surface area contributed by atoms with Gasteiger partial charge in [0.2, 0.25) is 0 Å². The van der Waals surface area contributed by atoms with E-state index in [9.17, 15) is 4.79 Å². The van der Waals surface area contributed by atoms with Gasteiger partial charge in [0.25, 0.3) is 5.91 Å². The Bertz CT molecular complexity index is 309. The van der Waals surface area contributed by atoms with E-state index in [-0.39, 0.29) is 5.91 Å². The summed E-state index contributed by atoms with van der Waals surface area (Å²) >= 11 is 0. The van der Waals surface area contributed by atoms with Crippen LogP contribution in [-0.4, -0.2) is 5.91 Å². The number of hydrogen-bond donors (Lipinski definition) is 0. The van der Waals surface area contributed by atoms with Crippen molar-refractivity contribution < 1.29 is 9.63 Å². The van der Waals surface area contributed by atoms with Crippen LogP contribution in [0.4, 0.5) is 0 Å². The van der Waals surface area contributed by atoms with E-state index in [1.807, 2.05) is 30.3 Å². The minimum Gasteiger partial charge on any atom is -0.374 e. The van der Waals surface area contributed by atoms with E-state index in [0.717, 1.165) is 5.56 Å². The maximum absolute atomic E-state index is 10.7. The first-order chi connectivity index (χ1) is 6.83. The second-order valence-electron chi connectivity index (χ2n) is 2.69. The van der Waals surface area contributed by atoms with Gasteiger partial charge in [0.05, 0.1) is 0 Å². The molecule has 1 aromatic rings. The third kappa shape index (κ3) is 3.80. The van der Waals surface area contributed by atoms with Crippen LogP contribution < -0.4 is 0 Å². The first-order valence-electron chi connectivity index (χ1n) is 4.42. The molecule has 0 unspecified atom stereocenters. The molecule has 0 N–H and O–H groups in total. The minimum absolute atomic E-state index is 0.280. The fourth-order valence-corrected chi connectivity index (χ4v) is 0.823. The fourth-order valence-electron chi connectivity index (χ4n) is 0.823. The third-order valence-corrected chi connectivity index (χ3v) is 1.59. The summed E-state index contributed by atoms with van der Waals surface area (Å²) in [6.45, 7) is 2.06. The van der Waals surface area contributed by atoms with E-state index in [2.05, 4.69) is 10.4 Å². The molecule has 0 aromatic heterocycles. The molecule has 4 heteroatoms. The molecule has 0 aliphatic heterocycles. The zero-order valence-electron chi connectivity index (χ0n) is 8.01. The molecule has 0 heterocycles. The second-order valence-corrected chi connectivity index (χ2v) is 2.69. The summed E-state index contributed by atoms with van der Waals surface area (Å²) < 4.78 is 0. The molecule has 0 saturated carbocycles. The predicted molar refractivity (Wildman–Crippen MR) is 51.4 cm³/mol. The van der Waals surface area contributed by atoms with Crippen LogP contribution in [0.15, 0.2) is 40.7 Å². The van der Waals surface area contributed by atoms with E-state index >= 15 is 0 Å². The van der Waals surface area contributed by atoms with Gasteiger partial charge in [0.15, 0.2) is 0 Å². The average molecular weight is 192 g/mol. The number of hydrogen-bond acceptors (Lipinski definition) is 3. The van der Waals surface area contributed by atoms with Crippen LogP contribution in [0.3, 0.4) is 0 Å². The second kappa shape index (κ2) is 5.85. The molecule has 0 fully saturated rings. The highest BCUT2D eigenvalue weighted by Crippen LogP contribution is 2.00. The van der Waals surface area contributed by atoms with Crippen molar-refractivity contribution in [3.05, 3.63) is 35.9 Å². The van der Waals surface area contributed by atoms with Gasteiger partial charge in [-0.25, -0.2) is 0 Å². The largest absolute Gasteiger partial charge is 0.374 e. The zero-order valence-corrected chi connectivity index (χ0v) is 8.01. The number of carbonyl (C=O) groups excluding carboxylic acids is 1. The van der Waals surface area contributed by atoms with E-state index in [0.29, 0.717) is 13.0 Å². The molecule has 4 nitrogen and oxygen atoms in total. The number of carbonyl (C=O) groups is 1. The van der Waals surface area contributed by atoms with E-state index < -0.39 is 0 Å². The number of nitrogens with zero attached hydrogens (tertiary/aromatic N) is 2. The van der Waals surface area contributed by atoms with Crippen molar-refractivity contribution in [2.45, 2.75) is 20.0 Å². The summed E-state index contributed by atoms with van der Waals surface area (Å²) in [5.41, 5.74) is 0.996. The van der Waals surface area contributed by atoms with Crippen LogP contribution in [0.5, 0.6) is 0 Å². The Hall–Kier alpha value is -1.71. The number of rotatable bonds is 4. The molecule has 14 heavy (non-hydrogen) atoms. The Morgan fingerprint density at radius 1 is 1.36 bits per heavy atom. The quantitative estimate of drug-likeness (QED) is 0.543. The Labute approximate surface area is 82.6 Å². The lowest BCUT2D eigenvalue weighted by atomic mass is 10.2. The van der Waals surface area contributed by atoms with Crippen molar-refractivity contribution in [3.63, 3.8) is 0 Å². The Morgan fingerprint density at radius 2 is 2.07 bits per heavy atom. The molecule has 74 valence electrons. The zero-order chi connectivity index (χ0) is 10.2. The summed E-state index contributed by atoms with van der Waals surface area (Å²) in [6, 6.07) is 9.57. The monoisotopic (exact) mass is 192 g/mol. The standard InChI is InChI=1S/C10H12N2O2/c1-2-10(13)11-12-14-8-9-6-4-3-5-7-9/h3-7H,2,8H2,1H3. The summed E-state index contributed by atoms with van der Waals surface area (Å²) in [4.78, 5) is 15.5. The van der Waals surface area contributed by atoms with Crippen LogP contribution in [0, 0.1) is 0 Å². The van der Waals surface area contributed by atoms with Crippen molar-refractivity contribution in [3.8, 4) is 0 Å². The number of amides is 1. The van der Waals surface area contributed by atoms with Crippen LogP contribution in [0.25, 0.3) is 0 Å². The normalized spacial score (nSPS) is 10.4. The molecule has 0 saturated heterocycles. The third-order valence-electron chi connectivity index (χ3n) is 1.59. The molecule has 0 radical (unpaired) electrons. The van der Waals surface area contributed by atoms with Gasteiger partial charge in [-0.15, -0.1) is 0 Å². The van der Waals surface area contributed by atoms with Crippen molar-refractivity contribution in [2.24, 2.45) is 10.4 Å². The molecular weight excluding hydrogens is 180 g/mol. The minimum atomic E-state index is -0.280. The van der Waals surface area contributed by atoms with Gasteiger partial charge in [-0.2, -0.15) is 0 Å². The average Bonchev–Trinajstić information content (AvgIpc) is 2.25. The van der Waals surface area contributed by atoms with Gasteiger partial charge >= 0.3 is 0 Å². The van der Waals surface area contributed by atoms with Crippen molar-refractivity contribution >= 4 is 5.91 Å². The lowest BCUT2D eigenvalue weighted by Gasteiger charge is -1.96. The Balaban J connectivity index is 2.29. The van der Waals surface area contributed by atoms with E-state index in [1.54, 1.807) is 6.92 Å². The van der Waals surface area contributed by atoms with E-state index in [4.69, 9.17) is 4.84 Å². The first-order valence-corrected chi connectivity index (χ1v) is 4.42. The molecule has 0 atom stereocenters. The van der Waals surface area contributed by atoms with E-state index in [1.165, 1.54) is 0 Å². The highest BCUT2D eigenvalue weighted by atomic mass is 16.6. The van der Waals surface area contributed by atoms with Gasteiger partial charge in [0, 0.05) is 11.7 Å². The lowest BCUT2D eigenvalue weighted by molar-refractivity contribution is -0.118. The summed E-state index contributed by atoms with van der Waals surface area (Å²) in [5, 5.41) is 6.63. The van der Waals surface area contributed by atoms with Gasteiger partial charge in [0.1, 0.15) is 6.61 Å². The Kier molecular flexibility index (Phi) is 4.34. The van der Waals surface area contributed by atoms with Gasteiger partial charge < -0.3 is 4.84 Å². The van der Waals surface area contributed by atoms with Gasteiger partial charge in [-0.1, -0.05) is 42.4 Å². The molecule has 1 rings (SSSR count). The maximum Gasteiger partial charge on any atom is 0.267 e. The van der Waals surface area contributed by atoms with Crippen molar-refractivity contribution in [1.29, 1.82) is 0 Å². The van der Waals surface area contributed by atoms with Crippen LogP contribution >= 0.6 is 0 Å². The number of benzene rings is 1. The lowest BCUT2D eigenvalue weighted by Crippen LogP contribution is -1.89. The van der Waals surface area contributed by atoms with Gasteiger partial charge in [-0.3, -0.25) is 4.79 Å². The molecular formula is C10H12N2O2. The molecule has 0 aliphatic rings. The predicted octanol–water partition coefficient (Wildman–Crippen LogP) is 2.51. The van der Waals surface area contributed by atoms with Crippen molar-refractivity contribution in [2.75, 3.05) is 0 Å². The SMILES string of the molecule is CCC(=O)N=NOCc1ccccc1. The fraction of sp³-hybridized carbons (Fsp3) is 0.300. The van der Waals surface area contributed by atoms with Crippen LogP contribution in [-0.2, 0) is 16.2 Å². The summed E-state index contributed by atoms with van der Waals surface area (Å²) in [5.74, 6) is -0.280. The first kappa shape index (κ1) is 10.4. The molecule has 0 spiro atoms. The van der Waals surface area contributed by atoms with Crippen LogP contribution in [0.1, 0.15) is 18.9 Å². The maximum atomic E-state index is 10.7. The smallest absolute Gasteiger partial charge is 0.267 e. The molecule has 0 aliphatic carbocycles. The van der Waals surface area contributed by atoms with Gasteiger partial charge in [-0.05, 0) is 5.56 Å².